The Bertz CT molecular complexity index is 1270. The summed E-state index contributed by atoms with van der Waals surface area (Å²) in [5.74, 6) is -2.54. The van der Waals surface area contributed by atoms with Gasteiger partial charge in [-0.25, -0.2) is 14.6 Å². The van der Waals surface area contributed by atoms with E-state index < -0.39 is 35.2 Å². The van der Waals surface area contributed by atoms with Crippen LogP contribution in [-0.2, 0) is 27.9 Å². The number of rotatable bonds is 7. The summed E-state index contributed by atoms with van der Waals surface area (Å²) >= 11 is 0. The van der Waals surface area contributed by atoms with Gasteiger partial charge in [0.1, 0.15) is 11.4 Å². The average Bonchev–Trinajstić information content (AvgIpc) is 2.80. The summed E-state index contributed by atoms with van der Waals surface area (Å²) in [6, 6.07) is 5.62. The number of carbonyl (C=O) groups excluding carboxylic acids is 4. The van der Waals surface area contributed by atoms with E-state index in [2.05, 4.69) is 5.43 Å². The van der Waals surface area contributed by atoms with E-state index in [9.17, 15) is 28.8 Å². The van der Waals surface area contributed by atoms with Crippen molar-refractivity contribution in [3.05, 3.63) is 56.2 Å². The molecule has 0 spiro atoms. The van der Waals surface area contributed by atoms with E-state index >= 15 is 0 Å². The number of nitrogens with zero attached hydrogens (tertiary/aromatic N) is 3. The maximum Gasteiger partial charge on any atom is 0.338 e. The molecule has 0 saturated carbocycles. The zero-order valence-corrected chi connectivity index (χ0v) is 19.0. The summed E-state index contributed by atoms with van der Waals surface area (Å²) in [6.07, 6.45) is 0.182. The van der Waals surface area contributed by atoms with E-state index in [0.717, 1.165) is 14.1 Å². The average molecular weight is 471 g/mol. The van der Waals surface area contributed by atoms with Crippen molar-refractivity contribution in [3.63, 3.8) is 0 Å². The minimum Gasteiger partial charge on any atom is -0.454 e. The minimum absolute atomic E-state index is 0.0230. The number of hydrazine groups is 1. The highest BCUT2D eigenvalue weighted by atomic mass is 16.5. The fraction of sp³-hybridized carbons (Fsp3) is 0.364. The Balaban J connectivity index is 1.74. The van der Waals surface area contributed by atoms with Crippen LogP contribution >= 0.6 is 0 Å². The van der Waals surface area contributed by atoms with Crippen LogP contribution in [0.4, 0.5) is 11.5 Å². The van der Waals surface area contributed by atoms with Crippen molar-refractivity contribution in [1.29, 1.82) is 0 Å². The maximum absolute atomic E-state index is 12.7. The van der Waals surface area contributed by atoms with Crippen LogP contribution in [0.5, 0.6) is 0 Å². The van der Waals surface area contributed by atoms with Crippen molar-refractivity contribution in [3.8, 4) is 0 Å². The van der Waals surface area contributed by atoms with Crippen LogP contribution in [0.25, 0.3) is 0 Å². The summed E-state index contributed by atoms with van der Waals surface area (Å²) in [6.45, 7) is 3.13. The Labute approximate surface area is 193 Å². The summed E-state index contributed by atoms with van der Waals surface area (Å²) in [5, 5.41) is 1.09. The molecule has 12 heteroatoms. The highest BCUT2D eigenvalue weighted by molar-refractivity contribution is 6.03. The van der Waals surface area contributed by atoms with Gasteiger partial charge in [0.15, 0.2) is 6.61 Å². The maximum atomic E-state index is 12.7. The number of nitrogens with two attached hydrogens (primary N) is 1. The lowest BCUT2D eigenvalue weighted by molar-refractivity contribution is -0.130. The van der Waals surface area contributed by atoms with Crippen molar-refractivity contribution in [2.75, 3.05) is 17.3 Å². The number of nitrogens with one attached hydrogen (secondary N) is 1. The third-order valence-electron chi connectivity index (χ3n) is 5.16. The Kier molecular flexibility index (Phi) is 6.99. The molecule has 3 N–H and O–H groups in total. The molecule has 180 valence electrons. The van der Waals surface area contributed by atoms with E-state index in [1.165, 1.54) is 31.3 Å². The third kappa shape index (κ3) is 4.90. The smallest absolute Gasteiger partial charge is 0.338 e. The van der Waals surface area contributed by atoms with E-state index in [1.807, 2.05) is 13.8 Å². The Morgan fingerprint density at radius 3 is 2.35 bits per heavy atom. The van der Waals surface area contributed by atoms with Crippen molar-refractivity contribution in [2.24, 2.45) is 13.0 Å². The largest absolute Gasteiger partial charge is 0.454 e. The lowest BCUT2D eigenvalue weighted by Crippen LogP contribution is -2.50. The molecule has 0 bridgehead atoms. The van der Waals surface area contributed by atoms with Crippen LogP contribution in [0.1, 0.15) is 47.4 Å². The van der Waals surface area contributed by atoms with E-state index in [4.69, 9.17) is 10.5 Å². The predicted molar refractivity (Wildman–Crippen MR) is 121 cm³/mol. The molecule has 2 amide bonds. The number of amides is 2. The Morgan fingerprint density at radius 1 is 1.09 bits per heavy atom. The first-order chi connectivity index (χ1) is 16.0. The van der Waals surface area contributed by atoms with Gasteiger partial charge in [-0.1, -0.05) is 13.8 Å². The van der Waals surface area contributed by atoms with Gasteiger partial charge in [0.05, 0.1) is 11.3 Å². The van der Waals surface area contributed by atoms with Gasteiger partial charge in [0.25, 0.3) is 5.56 Å². The van der Waals surface area contributed by atoms with Gasteiger partial charge in [-0.15, -0.1) is 0 Å². The molecule has 2 aromatic rings. The molecule has 0 aliphatic carbocycles. The monoisotopic (exact) mass is 471 g/mol. The molecule has 1 fully saturated rings. The first-order valence-electron chi connectivity index (χ1n) is 10.5. The highest BCUT2D eigenvalue weighted by Crippen LogP contribution is 2.18. The lowest BCUT2D eigenvalue weighted by Gasteiger charge is -2.27. The van der Waals surface area contributed by atoms with Crippen molar-refractivity contribution < 1.29 is 23.9 Å². The molecular weight excluding hydrogens is 446 g/mol. The van der Waals surface area contributed by atoms with Crippen LogP contribution in [0.15, 0.2) is 33.9 Å². The Morgan fingerprint density at radius 2 is 1.74 bits per heavy atom. The standard InChI is InChI=1S/C22H25N5O7/c1-12(2)10-26-19(23)18(20(31)25(3)22(26)33)15(28)11-34-21(32)13-4-6-14(7-5-13)27-17(30)9-8-16(29)24-27/h4-7,12H,8-11,23H2,1-3H3,(H,24,29). The number of hydrogen-bond donors (Lipinski definition) is 2. The first-order valence-corrected chi connectivity index (χ1v) is 10.5. The quantitative estimate of drug-likeness (QED) is 0.420. The van der Waals surface area contributed by atoms with Gasteiger partial charge < -0.3 is 10.5 Å². The van der Waals surface area contributed by atoms with E-state index in [1.54, 1.807) is 0 Å². The molecule has 0 atom stereocenters. The summed E-state index contributed by atoms with van der Waals surface area (Å²) in [4.78, 5) is 73.4. The summed E-state index contributed by atoms with van der Waals surface area (Å²) in [7, 11) is 1.24. The number of carbonyl (C=O) groups is 4. The predicted octanol–water partition coefficient (Wildman–Crippen LogP) is -0.0171. The molecule has 2 heterocycles. The van der Waals surface area contributed by atoms with Crippen molar-refractivity contribution in [2.45, 2.75) is 33.2 Å². The summed E-state index contributed by atoms with van der Waals surface area (Å²) < 4.78 is 6.96. The van der Waals surface area contributed by atoms with Gasteiger partial charge in [0, 0.05) is 26.4 Å². The second kappa shape index (κ2) is 9.73. The topological polar surface area (TPSA) is 163 Å². The number of benzene rings is 1. The normalized spacial score (nSPS) is 13.7. The molecule has 1 aliphatic heterocycles. The molecule has 34 heavy (non-hydrogen) atoms. The Hall–Kier alpha value is -4.22. The molecule has 1 aromatic carbocycles. The van der Waals surface area contributed by atoms with Crippen LogP contribution in [0.3, 0.4) is 0 Å². The third-order valence-corrected chi connectivity index (χ3v) is 5.16. The molecule has 1 saturated heterocycles. The number of ketones is 1. The minimum atomic E-state index is -0.874. The van der Waals surface area contributed by atoms with Crippen molar-refractivity contribution in [1.82, 2.24) is 14.6 Å². The molecule has 12 nitrogen and oxygen atoms in total. The second-order valence-corrected chi connectivity index (χ2v) is 8.22. The first kappa shape index (κ1) is 24.4. The van der Waals surface area contributed by atoms with Gasteiger partial charge in [0.2, 0.25) is 17.6 Å². The molecular formula is C22H25N5O7. The fourth-order valence-corrected chi connectivity index (χ4v) is 3.40. The number of aromatic nitrogens is 2. The molecule has 0 radical (unpaired) electrons. The number of ether oxygens (including phenoxy) is 1. The summed E-state index contributed by atoms with van der Waals surface area (Å²) in [5.41, 5.74) is 6.89. The zero-order valence-electron chi connectivity index (χ0n) is 19.0. The number of hydrogen-bond acceptors (Lipinski definition) is 8. The van der Waals surface area contributed by atoms with Gasteiger partial charge in [-0.3, -0.25) is 33.7 Å². The number of Topliss-reactive ketones (excluding diaryl/α,β-unsaturated/α-hetero) is 1. The van der Waals surface area contributed by atoms with Crippen LogP contribution < -0.4 is 27.4 Å². The number of nitrogen functional groups attached to an aromatic ring is 1. The molecule has 0 unspecified atom stereocenters. The zero-order chi connectivity index (χ0) is 25.2. The lowest BCUT2D eigenvalue weighted by atomic mass is 10.1. The van der Waals surface area contributed by atoms with E-state index in [-0.39, 0.29) is 48.5 Å². The van der Waals surface area contributed by atoms with Gasteiger partial charge in [-0.05, 0) is 30.2 Å². The fourth-order valence-electron chi connectivity index (χ4n) is 3.40. The van der Waals surface area contributed by atoms with Gasteiger partial charge in [-0.2, -0.15) is 0 Å². The van der Waals surface area contributed by atoms with Gasteiger partial charge >= 0.3 is 11.7 Å². The van der Waals surface area contributed by atoms with E-state index in [0.29, 0.717) is 5.69 Å². The second-order valence-electron chi connectivity index (χ2n) is 8.22. The SMILES string of the molecule is CC(C)Cn1c(N)c(C(=O)COC(=O)c2ccc(N3NC(=O)CCC3=O)cc2)c(=O)n(C)c1=O. The molecule has 1 aliphatic rings. The van der Waals surface area contributed by atoms with Crippen LogP contribution in [0.2, 0.25) is 0 Å². The number of anilines is 2. The van der Waals surface area contributed by atoms with Crippen LogP contribution in [-0.4, -0.2) is 39.3 Å². The van der Waals surface area contributed by atoms with Crippen molar-refractivity contribution >= 4 is 35.1 Å². The molecule has 1 aromatic heterocycles. The molecule has 3 rings (SSSR count). The number of esters is 1. The van der Waals surface area contributed by atoms with Crippen LogP contribution in [0, 0.1) is 5.92 Å². The highest BCUT2D eigenvalue weighted by Gasteiger charge is 2.25.